The molecule has 2 aromatic heterocycles. The molecule has 0 aliphatic heterocycles. The molecule has 0 saturated heterocycles. The van der Waals surface area contributed by atoms with Crippen LogP contribution in [0.15, 0.2) is 33.9 Å². The lowest BCUT2D eigenvalue weighted by Gasteiger charge is -2.24. The van der Waals surface area contributed by atoms with Gasteiger partial charge in [-0.25, -0.2) is 9.78 Å². The van der Waals surface area contributed by atoms with Crippen molar-refractivity contribution in [2.24, 2.45) is 0 Å². The number of imidazole rings is 1. The average molecular weight is 485 g/mol. The smallest absolute Gasteiger partial charge is 0.332 e. The maximum atomic E-state index is 13.5. The van der Waals surface area contributed by atoms with Crippen LogP contribution in [0.25, 0.3) is 11.2 Å². The summed E-state index contributed by atoms with van der Waals surface area (Å²) in [5.74, 6) is 6.48. The molecule has 2 heterocycles. The number of hydrogen-bond acceptors (Lipinski definition) is 5. The van der Waals surface area contributed by atoms with Crippen LogP contribution in [0.2, 0.25) is 5.02 Å². The number of aliphatic hydroxyl groups excluding tert-OH is 1. The van der Waals surface area contributed by atoms with E-state index in [-0.39, 0.29) is 31.9 Å². The molecule has 1 saturated carbocycles. The fraction of sp³-hybridized carbons (Fsp3) is 0.480. The van der Waals surface area contributed by atoms with Crippen molar-refractivity contribution in [3.05, 3.63) is 61.5 Å². The zero-order valence-electron chi connectivity index (χ0n) is 19.5. The highest BCUT2D eigenvalue weighted by Gasteiger charge is 2.22. The van der Waals surface area contributed by atoms with Crippen molar-refractivity contribution in [2.45, 2.75) is 64.8 Å². The number of aliphatic hydroxyl groups is 1. The Bertz CT molecular complexity index is 1340. The van der Waals surface area contributed by atoms with Gasteiger partial charge in [0, 0.05) is 24.2 Å². The Labute approximate surface area is 202 Å². The van der Waals surface area contributed by atoms with Gasteiger partial charge in [-0.1, -0.05) is 29.7 Å². The molecule has 4 rings (SSSR count). The summed E-state index contributed by atoms with van der Waals surface area (Å²) in [7, 11) is 0. The molecule has 34 heavy (non-hydrogen) atoms. The monoisotopic (exact) mass is 484 g/mol. The van der Waals surface area contributed by atoms with Crippen LogP contribution >= 0.6 is 11.6 Å². The Morgan fingerprint density at radius 1 is 1.21 bits per heavy atom. The third-order valence-corrected chi connectivity index (χ3v) is 6.27. The molecular weight excluding hydrogens is 456 g/mol. The fourth-order valence-electron chi connectivity index (χ4n) is 3.98. The molecule has 0 atom stereocenters. The van der Waals surface area contributed by atoms with Crippen molar-refractivity contribution < 1.29 is 9.84 Å². The quantitative estimate of drug-likeness (QED) is 0.496. The number of aromatic nitrogens is 4. The molecule has 1 aromatic carbocycles. The Kier molecular flexibility index (Phi) is 7.57. The van der Waals surface area contributed by atoms with E-state index in [4.69, 9.17) is 16.3 Å². The number of rotatable bonds is 8. The van der Waals surface area contributed by atoms with E-state index in [1.165, 1.54) is 15.6 Å². The molecule has 1 aliphatic rings. The zero-order valence-corrected chi connectivity index (χ0v) is 20.2. The van der Waals surface area contributed by atoms with Crippen LogP contribution in [0.3, 0.4) is 0 Å². The average Bonchev–Trinajstić information content (AvgIpc) is 3.11. The van der Waals surface area contributed by atoms with Crippen molar-refractivity contribution in [1.29, 1.82) is 0 Å². The van der Waals surface area contributed by atoms with Crippen molar-refractivity contribution >= 4 is 22.8 Å². The summed E-state index contributed by atoms with van der Waals surface area (Å²) in [4.78, 5) is 31.3. The van der Waals surface area contributed by atoms with E-state index in [9.17, 15) is 14.7 Å². The summed E-state index contributed by atoms with van der Waals surface area (Å²) in [5.41, 5.74) is 0.658. The van der Waals surface area contributed by atoms with E-state index in [2.05, 4.69) is 16.8 Å². The fourth-order valence-corrected chi connectivity index (χ4v) is 4.11. The van der Waals surface area contributed by atoms with Gasteiger partial charge in [0.25, 0.3) is 5.56 Å². The minimum atomic E-state index is -0.440. The number of halogens is 1. The lowest BCUT2D eigenvalue weighted by molar-refractivity contribution is 0.0217. The minimum Gasteiger partial charge on any atom is -0.396 e. The highest BCUT2D eigenvalue weighted by Crippen LogP contribution is 2.21. The molecule has 0 radical (unpaired) electrons. The van der Waals surface area contributed by atoms with Crippen LogP contribution < -0.4 is 11.2 Å². The third-order valence-electron chi connectivity index (χ3n) is 6.02. The van der Waals surface area contributed by atoms with Crippen LogP contribution in [0.1, 0.15) is 57.0 Å². The highest BCUT2D eigenvalue weighted by molar-refractivity contribution is 6.30. The highest BCUT2D eigenvalue weighted by atomic mass is 35.5. The molecule has 1 fully saturated rings. The van der Waals surface area contributed by atoms with Gasteiger partial charge in [-0.3, -0.25) is 13.9 Å². The van der Waals surface area contributed by atoms with Crippen molar-refractivity contribution in [3.8, 4) is 11.8 Å². The molecule has 0 spiro atoms. The minimum absolute atomic E-state index is 0.118. The van der Waals surface area contributed by atoms with Gasteiger partial charge in [-0.15, -0.1) is 0 Å². The standard InChI is InChI=1S/C25H29ClN4O4/c1-17(2)30-23-22(24(32)28(25(30)33)13-5-14-31)29(16-18-9-11-19(26)12-10-18)21(27-23)8-4-15-34-20-6-3-7-20/h9-12,17,20,31H,3,5-7,13-16H2,1-2H3. The molecule has 1 N–H and O–H groups in total. The number of hydrogen-bond donors (Lipinski definition) is 1. The Morgan fingerprint density at radius 3 is 2.56 bits per heavy atom. The number of fused-ring (bicyclic) bond motifs is 1. The van der Waals surface area contributed by atoms with Gasteiger partial charge in [0.15, 0.2) is 17.0 Å². The van der Waals surface area contributed by atoms with E-state index >= 15 is 0 Å². The lowest BCUT2D eigenvalue weighted by Crippen LogP contribution is -2.41. The first-order valence-corrected chi connectivity index (χ1v) is 12.0. The molecule has 3 aromatic rings. The van der Waals surface area contributed by atoms with Crippen LogP contribution in [-0.2, 0) is 17.8 Å². The summed E-state index contributed by atoms with van der Waals surface area (Å²) in [6, 6.07) is 7.12. The molecule has 0 unspecified atom stereocenters. The van der Waals surface area contributed by atoms with E-state index < -0.39 is 11.2 Å². The van der Waals surface area contributed by atoms with Crippen LogP contribution in [0.5, 0.6) is 0 Å². The first-order valence-electron chi connectivity index (χ1n) is 11.6. The van der Waals surface area contributed by atoms with Crippen LogP contribution in [0.4, 0.5) is 0 Å². The van der Waals surface area contributed by atoms with Crippen molar-refractivity contribution in [1.82, 2.24) is 18.7 Å². The number of benzene rings is 1. The van der Waals surface area contributed by atoms with Gasteiger partial charge in [0.05, 0.1) is 12.6 Å². The summed E-state index contributed by atoms with van der Waals surface area (Å²) < 4.78 is 10.2. The van der Waals surface area contributed by atoms with Crippen molar-refractivity contribution in [3.63, 3.8) is 0 Å². The van der Waals surface area contributed by atoms with E-state index in [0.717, 1.165) is 18.4 Å². The molecule has 9 heteroatoms. The molecule has 1 aliphatic carbocycles. The molecule has 180 valence electrons. The molecule has 8 nitrogen and oxygen atoms in total. The SMILES string of the molecule is CC(C)n1c(=O)n(CCCO)c(=O)c2c1nc(C#CCOC1CCC1)n2Cc1ccc(Cl)cc1. The number of nitrogens with zero attached hydrogens (tertiary/aromatic N) is 4. The second-order valence-electron chi connectivity index (χ2n) is 8.77. The Balaban J connectivity index is 1.87. The Morgan fingerprint density at radius 2 is 1.94 bits per heavy atom. The maximum absolute atomic E-state index is 13.5. The van der Waals surface area contributed by atoms with Crippen LogP contribution in [-0.4, -0.2) is 43.1 Å². The van der Waals surface area contributed by atoms with E-state index in [1.807, 2.05) is 26.0 Å². The van der Waals surface area contributed by atoms with Gasteiger partial charge >= 0.3 is 5.69 Å². The molecule has 0 amide bonds. The summed E-state index contributed by atoms with van der Waals surface area (Å²) in [5, 5.41) is 9.89. The first kappa shape index (κ1) is 24.3. The molecular formula is C25H29ClN4O4. The predicted octanol–water partition coefficient (Wildman–Crippen LogP) is 2.95. The second kappa shape index (κ2) is 10.6. The van der Waals surface area contributed by atoms with Gasteiger partial charge in [0.2, 0.25) is 0 Å². The van der Waals surface area contributed by atoms with Gasteiger partial charge in [-0.2, -0.15) is 0 Å². The number of ether oxygens (including phenoxy) is 1. The summed E-state index contributed by atoms with van der Waals surface area (Å²) in [6.07, 6.45) is 3.88. The molecule has 0 bridgehead atoms. The largest absolute Gasteiger partial charge is 0.396 e. The van der Waals surface area contributed by atoms with E-state index in [0.29, 0.717) is 35.0 Å². The lowest BCUT2D eigenvalue weighted by atomic mass is 9.96. The second-order valence-corrected chi connectivity index (χ2v) is 9.20. The van der Waals surface area contributed by atoms with Gasteiger partial charge < -0.3 is 14.4 Å². The van der Waals surface area contributed by atoms with Crippen molar-refractivity contribution in [2.75, 3.05) is 13.2 Å². The van der Waals surface area contributed by atoms with E-state index in [1.54, 1.807) is 16.7 Å². The summed E-state index contributed by atoms with van der Waals surface area (Å²) in [6.45, 7) is 4.38. The van der Waals surface area contributed by atoms with Crippen LogP contribution in [0, 0.1) is 11.8 Å². The summed E-state index contributed by atoms with van der Waals surface area (Å²) >= 11 is 6.05. The van der Waals surface area contributed by atoms with Gasteiger partial charge in [0.1, 0.15) is 6.61 Å². The van der Waals surface area contributed by atoms with Gasteiger partial charge in [-0.05, 0) is 63.1 Å². The zero-order chi connectivity index (χ0) is 24.2. The first-order chi connectivity index (χ1) is 16.4. The third kappa shape index (κ3) is 4.97. The maximum Gasteiger partial charge on any atom is 0.332 e. The normalized spacial score (nSPS) is 13.8. The Hall–Kier alpha value is -2.86. The topological polar surface area (TPSA) is 91.3 Å². The predicted molar refractivity (Wildman–Crippen MR) is 131 cm³/mol.